The Morgan fingerprint density at radius 2 is 1.93 bits per heavy atom. The Morgan fingerprint density at radius 3 is 2.57 bits per heavy atom. The van der Waals surface area contributed by atoms with E-state index in [0.29, 0.717) is 23.8 Å². The van der Waals surface area contributed by atoms with Crippen molar-refractivity contribution in [3.63, 3.8) is 0 Å². The Labute approximate surface area is 164 Å². The summed E-state index contributed by atoms with van der Waals surface area (Å²) in [5.41, 5.74) is -0.759. The largest absolute Gasteiger partial charge is 0.352 e. The van der Waals surface area contributed by atoms with E-state index in [0.717, 1.165) is 24.2 Å². The van der Waals surface area contributed by atoms with Crippen molar-refractivity contribution in [1.82, 2.24) is 15.5 Å². The molecule has 0 radical (unpaired) electrons. The van der Waals surface area contributed by atoms with Gasteiger partial charge in [-0.2, -0.15) is 0 Å². The maximum atomic E-state index is 13.3. The van der Waals surface area contributed by atoms with Gasteiger partial charge in [0.1, 0.15) is 17.9 Å². The molecular weight excluding hydrogens is 361 g/mol. The zero-order valence-corrected chi connectivity index (χ0v) is 16.6. The molecule has 1 heterocycles. The van der Waals surface area contributed by atoms with E-state index in [4.69, 9.17) is 0 Å². The number of benzene rings is 1. The Kier molecular flexibility index (Phi) is 5.72. The molecule has 6 nitrogen and oxygen atoms in total. The lowest BCUT2D eigenvalue weighted by Gasteiger charge is -2.34. The molecule has 1 saturated carbocycles. The standard InChI is InChI=1S/C21H28FN3O3/c1-4-21(15-8-10-16(22)11-9-15)19(27)25(20(28)24-21)12-18(26)23-17-7-5-6-13(2)14(17)3/h8-11,13-14,17H,4-7,12H2,1-3H3,(H,23,26)(H,24,28)/t13-,14+,17-,21-/m1/s1. The Balaban J connectivity index is 1.72. The normalized spacial score (nSPS) is 30.3. The van der Waals surface area contributed by atoms with Gasteiger partial charge in [0, 0.05) is 6.04 Å². The molecule has 1 aliphatic carbocycles. The number of hydrogen-bond acceptors (Lipinski definition) is 3. The second kappa shape index (κ2) is 7.89. The van der Waals surface area contributed by atoms with Gasteiger partial charge in [0.05, 0.1) is 0 Å². The van der Waals surface area contributed by atoms with Crippen molar-refractivity contribution in [3.8, 4) is 0 Å². The summed E-state index contributed by atoms with van der Waals surface area (Å²) in [5, 5.41) is 5.71. The van der Waals surface area contributed by atoms with Gasteiger partial charge in [0.25, 0.3) is 5.91 Å². The van der Waals surface area contributed by atoms with Crippen LogP contribution < -0.4 is 10.6 Å². The van der Waals surface area contributed by atoms with E-state index in [1.165, 1.54) is 24.3 Å². The van der Waals surface area contributed by atoms with E-state index in [1.54, 1.807) is 6.92 Å². The molecule has 152 valence electrons. The summed E-state index contributed by atoms with van der Waals surface area (Å²) < 4.78 is 13.3. The van der Waals surface area contributed by atoms with Crippen molar-refractivity contribution < 1.29 is 18.8 Å². The van der Waals surface area contributed by atoms with Gasteiger partial charge in [-0.1, -0.05) is 45.7 Å². The summed E-state index contributed by atoms with van der Waals surface area (Å²) in [6.07, 6.45) is 3.42. The maximum Gasteiger partial charge on any atom is 0.325 e. The van der Waals surface area contributed by atoms with E-state index in [9.17, 15) is 18.8 Å². The Morgan fingerprint density at radius 1 is 1.25 bits per heavy atom. The first-order valence-electron chi connectivity index (χ1n) is 9.98. The molecule has 4 atom stereocenters. The van der Waals surface area contributed by atoms with Crippen molar-refractivity contribution in [2.45, 2.75) is 58.0 Å². The number of imide groups is 1. The molecule has 0 spiro atoms. The third-order valence-corrected chi connectivity index (χ3v) is 6.40. The van der Waals surface area contributed by atoms with Gasteiger partial charge < -0.3 is 10.6 Å². The fourth-order valence-electron chi connectivity index (χ4n) is 4.33. The molecule has 1 aliphatic heterocycles. The first kappa shape index (κ1) is 20.3. The number of halogens is 1. The Bertz CT molecular complexity index is 767. The molecule has 0 bridgehead atoms. The van der Waals surface area contributed by atoms with Crippen molar-refractivity contribution in [3.05, 3.63) is 35.6 Å². The first-order valence-corrected chi connectivity index (χ1v) is 9.98. The third-order valence-electron chi connectivity index (χ3n) is 6.40. The number of carbonyl (C=O) groups is 3. The molecule has 0 unspecified atom stereocenters. The lowest BCUT2D eigenvalue weighted by Crippen LogP contribution is -2.49. The summed E-state index contributed by atoms with van der Waals surface area (Å²) in [7, 11) is 0. The molecule has 1 aromatic rings. The Hall–Kier alpha value is -2.44. The first-order chi connectivity index (χ1) is 13.3. The van der Waals surface area contributed by atoms with Crippen molar-refractivity contribution in [2.75, 3.05) is 6.54 Å². The van der Waals surface area contributed by atoms with Crippen LogP contribution in [0.25, 0.3) is 0 Å². The van der Waals surface area contributed by atoms with E-state index < -0.39 is 23.3 Å². The highest BCUT2D eigenvalue weighted by Gasteiger charge is 2.51. The van der Waals surface area contributed by atoms with E-state index in [2.05, 4.69) is 24.5 Å². The van der Waals surface area contributed by atoms with Gasteiger partial charge in [-0.3, -0.25) is 14.5 Å². The van der Waals surface area contributed by atoms with Crippen LogP contribution in [0.1, 0.15) is 52.0 Å². The minimum absolute atomic E-state index is 0.0602. The predicted molar refractivity (Wildman–Crippen MR) is 103 cm³/mol. The average Bonchev–Trinajstić information content (AvgIpc) is 2.91. The highest BCUT2D eigenvalue weighted by atomic mass is 19.1. The molecule has 28 heavy (non-hydrogen) atoms. The molecule has 1 saturated heterocycles. The number of amides is 4. The molecule has 1 aromatic carbocycles. The van der Waals surface area contributed by atoms with Crippen molar-refractivity contribution in [2.24, 2.45) is 11.8 Å². The number of nitrogens with one attached hydrogen (secondary N) is 2. The van der Waals surface area contributed by atoms with Crippen LogP contribution >= 0.6 is 0 Å². The van der Waals surface area contributed by atoms with Crippen LogP contribution in [-0.4, -0.2) is 35.3 Å². The van der Waals surface area contributed by atoms with Crippen LogP contribution in [0.3, 0.4) is 0 Å². The van der Waals surface area contributed by atoms with Gasteiger partial charge in [-0.15, -0.1) is 0 Å². The molecule has 2 N–H and O–H groups in total. The predicted octanol–water partition coefficient (Wildman–Crippen LogP) is 2.92. The van der Waals surface area contributed by atoms with Crippen molar-refractivity contribution >= 4 is 17.8 Å². The number of carbonyl (C=O) groups excluding carboxylic acids is 3. The van der Waals surface area contributed by atoms with Crippen LogP contribution in [0.2, 0.25) is 0 Å². The highest BCUT2D eigenvalue weighted by molar-refractivity contribution is 6.09. The molecular formula is C21H28FN3O3. The van der Waals surface area contributed by atoms with Crippen LogP contribution in [0, 0.1) is 17.7 Å². The van der Waals surface area contributed by atoms with Crippen molar-refractivity contribution in [1.29, 1.82) is 0 Å². The summed E-state index contributed by atoms with van der Waals surface area (Å²) >= 11 is 0. The summed E-state index contributed by atoms with van der Waals surface area (Å²) in [5.74, 6) is -0.345. The fraction of sp³-hybridized carbons (Fsp3) is 0.571. The molecule has 4 amide bonds. The molecule has 2 aliphatic rings. The highest BCUT2D eigenvalue weighted by Crippen LogP contribution is 2.33. The number of nitrogens with zero attached hydrogens (tertiary/aromatic N) is 1. The minimum atomic E-state index is -1.27. The number of rotatable bonds is 5. The minimum Gasteiger partial charge on any atom is -0.352 e. The van der Waals surface area contributed by atoms with Crippen LogP contribution in [-0.2, 0) is 15.1 Å². The topological polar surface area (TPSA) is 78.5 Å². The lowest BCUT2D eigenvalue weighted by atomic mass is 9.78. The van der Waals surface area contributed by atoms with E-state index in [1.807, 2.05) is 0 Å². The summed E-state index contributed by atoms with van der Waals surface area (Å²) in [4.78, 5) is 39.1. The fourth-order valence-corrected chi connectivity index (χ4v) is 4.33. The van der Waals surface area contributed by atoms with Crippen LogP contribution in [0.4, 0.5) is 9.18 Å². The summed E-state index contributed by atoms with van der Waals surface area (Å²) in [6.45, 7) is 5.76. The van der Waals surface area contributed by atoms with E-state index in [-0.39, 0.29) is 18.5 Å². The summed E-state index contributed by atoms with van der Waals surface area (Å²) in [6, 6.07) is 4.96. The van der Waals surface area contributed by atoms with Gasteiger partial charge >= 0.3 is 6.03 Å². The second-order valence-corrected chi connectivity index (χ2v) is 8.03. The zero-order chi connectivity index (χ0) is 20.5. The van der Waals surface area contributed by atoms with Gasteiger partial charge in [0.2, 0.25) is 5.91 Å². The zero-order valence-electron chi connectivity index (χ0n) is 16.6. The van der Waals surface area contributed by atoms with Gasteiger partial charge in [-0.25, -0.2) is 9.18 Å². The average molecular weight is 389 g/mol. The maximum absolute atomic E-state index is 13.3. The van der Waals surface area contributed by atoms with Gasteiger partial charge in [0.15, 0.2) is 0 Å². The lowest BCUT2D eigenvalue weighted by molar-refractivity contribution is -0.135. The molecule has 2 fully saturated rings. The SMILES string of the molecule is CC[C@]1(c2ccc(F)cc2)NC(=O)N(CC(=O)N[C@@H]2CCC[C@@H](C)[C@@H]2C)C1=O. The van der Waals surface area contributed by atoms with Crippen LogP contribution in [0.15, 0.2) is 24.3 Å². The molecule has 0 aromatic heterocycles. The smallest absolute Gasteiger partial charge is 0.325 e. The van der Waals surface area contributed by atoms with E-state index >= 15 is 0 Å². The van der Waals surface area contributed by atoms with Crippen LogP contribution in [0.5, 0.6) is 0 Å². The number of hydrogen-bond donors (Lipinski definition) is 2. The quantitative estimate of drug-likeness (QED) is 0.760. The second-order valence-electron chi connectivity index (χ2n) is 8.03. The number of urea groups is 1. The third kappa shape index (κ3) is 3.62. The monoisotopic (exact) mass is 389 g/mol. The molecule has 7 heteroatoms. The van der Waals surface area contributed by atoms with Gasteiger partial charge in [-0.05, 0) is 42.4 Å². The molecule has 3 rings (SSSR count).